The molecule has 0 aliphatic carbocycles. The average Bonchev–Trinajstić information content (AvgIpc) is 3.28. The second-order valence-corrected chi connectivity index (χ2v) is 15.0. The maximum Gasteiger partial charge on any atom is 0.123 e. The molecule has 0 atom stereocenters. The van der Waals surface area contributed by atoms with Crippen molar-refractivity contribution in [2.45, 2.75) is 0 Å². The van der Waals surface area contributed by atoms with Crippen LogP contribution in [0.15, 0.2) is 218 Å². The van der Waals surface area contributed by atoms with Gasteiger partial charge in [-0.3, -0.25) is 0 Å². The summed E-state index contributed by atoms with van der Waals surface area (Å²) in [6.07, 6.45) is 0. The van der Waals surface area contributed by atoms with Gasteiger partial charge in [0, 0.05) is 17.1 Å². The molecule has 272 valence electrons. The Morgan fingerprint density at radius 1 is 0.276 bits per heavy atom. The van der Waals surface area contributed by atoms with Crippen LogP contribution >= 0.6 is 0 Å². The number of fused-ring (bicyclic) bond motifs is 5. The summed E-state index contributed by atoms with van der Waals surface area (Å²) in [6.45, 7) is 0. The predicted octanol–water partition coefficient (Wildman–Crippen LogP) is 16.1. The lowest BCUT2D eigenvalue weighted by molar-refractivity contribution is 0.628. The highest BCUT2D eigenvalue weighted by Gasteiger charge is 2.20. The van der Waals surface area contributed by atoms with Crippen molar-refractivity contribution in [3.63, 3.8) is 0 Å². The van der Waals surface area contributed by atoms with Crippen molar-refractivity contribution in [2.24, 2.45) is 0 Å². The molecule has 0 aliphatic rings. The molecular weight excluding hydrogens is 706 g/mol. The molecule has 0 aliphatic heterocycles. The van der Waals surface area contributed by atoms with Gasteiger partial charge < -0.3 is 4.90 Å². The van der Waals surface area contributed by atoms with Gasteiger partial charge in [-0.1, -0.05) is 158 Å². The third-order valence-electron chi connectivity index (χ3n) is 11.7. The van der Waals surface area contributed by atoms with Crippen LogP contribution < -0.4 is 4.90 Å². The standard InChI is InChI=1S/C56H36FN/c57-43-28-31-45(32-29-43)58(44-16-2-1-3-17-44)46-30-26-40-34-39(24-25-41(40)35-46)42-27-33-53-54(36-42)56(50-23-11-15-38-13-5-7-19-48(38)50)52-21-9-8-20-51(52)55(53)49-22-10-14-37-12-4-6-18-47(37)49/h1-36H. The minimum absolute atomic E-state index is 0.251. The number of hydrogen-bond acceptors (Lipinski definition) is 1. The van der Waals surface area contributed by atoms with Crippen molar-refractivity contribution in [3.8, 4) is 33.4 Å². The van der Waals surface area contributed by atoms with Gasteiger partial charge in [-0.05, 0) is 148 Å². The minimum Gasteiger partial charge on any atom is -0.310 e. The van der Waals surface area contributed by atoms with Crippen LogP contribution in [0.2, 0.25) is 0 Å². The fourth-order valence-corrected chi connectivity index (χ4v) is 8.99. The van der Waals surface area contributed by atoms with Crippen molar-refractivity contribution in [3.05, 3.63) is 224 Å². The van der Waals surface area contributed by atoms with E-state index in [4.69, 9.17) is 0 Å². The van der Waals surface area contributed by atoms with Gasteiger partial charge in [0.15, 0.2) is 0 Å². The Kier molecular flexibility index (Phi) is 8.08. The molecule has 0 saturated carbocycles. The Hall–Kier alpha value is -7.55. The van der Waals surface area contributed by atoms with E-state index in [9.17, 15) is 4.39 Å². The van der Waals surface area contributed by atoms with E-state index in [2.05, 4.69) is 181 Å². The first-order valence-corrected chi connectivity index (χ1v) is 19.8. The summed E-state index contributed by atoms with van der Waals surface area (Å²) in [7, 11) is 0. The molecule has 0 bridgehead atoms. The fourth-order valence-electron chi connectivity index (χ4n) is 8.99. The Balaban J connectivity index is 1.12. The van der Waals surface area contributed by atoms with E-state index in [1.807, 2.05) is 30.3 Å². The van der Waals surface area contributed by atoms with E-state index in [-0.39, 0.29) is 5.82 Å². The number of nitrogens with zero attached hydrogens (tertiary/aromatic N) is 1. The molecule has 0 spiro atoms. The lowest BCUT2D eigenvalue weighted by Gasteiger charge is -2.25. The summed E-state index contributed by atoms with van der Waals surface area (Å²) in [5, 5.41) is 12.2. The van der Waals surface area contributed by atoms with Crippen molar-refractivity contribution in [2.75, 3.05) is 4.90 Å². The van der Waals surface area contributed by atoms with Crippen molar-refractivity contribution < 1.29 is 4.39 Å². The van der Waals surface area contributed by atoms with Crippen LogP contribution in [0.4, 0.5) is 21.5 Å². The second kappa shape index (κ2) is 13.9. The Morgan fingerprint density at radius 2 is 0.741 bits per heavy atom. The Morgan fingerprint density at radius 3 is 1.41 bits per heavy atom. The van der Waals surface area contributed by atoms with Crippen molar-refractivity contribution in [1.29, 1.82) is 0 Å². The molecular formula is C56H36FN. The van der Waals surface area contributed by atoms with Crippen LogP contribution in [0.1, 0.15) is 0 Å². The van der Waals surface area contributed by atoms with Crippen LogP contribution in [-0.2, 0) is 0 Å². The molecule has 2 heteroatoms. The number of anilines is 3. The van der Waals surface area contributed by atoms with Gasteiger partial charge in [-0.25, -0.2) is 4.39 Å². The maximum absolute atomic E-state index is 14.0. The average molecular weight is 742 g/mol. The molecule has 0 radical (unpaired) electrons. The van der Waals surface area contributed by atoms with Crippen LogP contribution in [-0.4, -0.2) is 0 Å². The van der Waals surface area contributed by atoms with E-state index in [0.29, 0.717) is 0 Å². The highest BCUT2D eigenvalue weighted by Crippen LogP contribution is 2.48. The zero-order valence-corrected chi connectivity index (χ0v) is 31.6. The van der Waals surface area contributed by atoms with Gasteiger partial charge in [0.1, 0.15) is 5.82 Å². The molecule has 58 heavy (non-hydrogen) atoms. The topological polar surface area (TPSA) is 3.24 Å². The van der Waals surface area contributed by atoms with E-state index < -0.39 is 0 Å². The van der Waals surface area contributed by atoms with Crippen molar-refractivity contribution >= 4 is 70.9 Å². The predicted molar refractivity (Wildman–Crippen MR) is 245 cm³/mol. The Bertz CT molecular complexity index is 3340. The van der Waals surface area contributed by atoms with Crippen LogP contribution in [0.5, 0.6) is 0 Å². The first-order chi connectivity index (χ1) is 28.7. The zero-order valence-electron chi connectivity index (χ0n) is 31.6. The summed E-state index contributed by atoms with van der Waals surface area (Å²) >= 11 is 0. The van der Waals surface area contributed by atoms with Crippen LogP contribution in [0.3, 0.4) is 0 Å². The third-order valence-corrected chi connectivity index (χ3v) is 11.7. The first kappa shape index (κ1) is 33.8. The minimum atomic E-state index is -0.251. The Labute approximate surface area is 336 Å². The van der Waals surface area contributed by atoms with Crippen molar-refractivity contribution in [1.82, 2.24) is 0 Å². The van der Waals surface area contributed by atoms with Gasteiger partial charge >= 0.3 is 0 Å². The number of rotatable bonds is 6. The molecule has 1 nitrogen and oxygen atoms in total. The first-order valence-electron chi connectivity index (χ1n) is 19.8. The number of benzene rings is 11. The van der Waals surface area contributed by atoms with E-state index in [1.54, 1.807) is 0 Å². The van der Waals surface area contributed by atoms with Crippen LogP contribution in [0, 0.1) is 5.82 Å². The third kappa shape index (κ3) is 5.69. The zero-order chi connectivity index (χ0) is 38.6. The van der Waals surface area contributed by atoms with Gasteiger partial charge in [0.05, 0.1) is 0 Å². The number of para-hydroxylation sites is 1. The summed E-state index contributed by atoms with van der Waals surface area (Å²) < 4.78 is 14.0. The molecule has 11 aromatic carbocycles. The molecule has 11 rings (SSSR count). The largest absolute Gasteiger partial charge is 0.310 e. The van der Waals surface area contributed by atoms with Gasteiger partial charge in [-0.15, -0.1) is 0 Å². The quantitative estimate of drug-likeness (QED) is 0.153. The van der Waals surface area contributed by atoms with E-state index >= 15 is 0 Å². The van der Waals surface area contributed by atoms with E-state index in [0.717, 1.165) is 39.0 Å². The molecule has 0 fully saturated rings. The monoisotopic (exact) mass is 741 g/mol. The second-order valence-electron chi connectivity index (χ2n) is 15.0. The van der Waals surface area contributed by atoms with Gasteiger partial charge in [-0.2, -0.15) is 0 Å². The summed E-state index contributed by atoms with van der Waals surface area (Å²) in [4.78, 5) is 2.17. The lowest BCUT2D eigenvalue weighted by atomic mass is 9.83. The van der Waals surface area contributed by atoms with Gasteiger partial charge in [0.2, 0.25) is 0 Å². The lowest BCUT2D eigenvalue weighted by Crippen LogP contribution is -2.09. The molecule has 0 heterocycles. The summed E-state index contributed by atoms with van der Waals surface area (Å²) in [5.74, 6) is -0.251. The van der Waals surface area contributed by atoms with Crippen LogP contribution in [0.25, 0.3) is 87.2 Å². The smallest absolute Gasteiger partial charge is 0.123 e. The summed E-state index contributed by atoms with van der Waals surface area (Å²) in [5.41, 5.74) is 10.2. The van der Waals surface area contributed by atoms with Gasteiger partial charge in [0.25, 0.3) is 0 Å². The molecule has 0 amide bonds. The molecule has 0 saturated heterocycles. The van der Waals surface area contributed by atoms with E-state index in [1.165, 1.54) is 77.5 Å². The molecule has 0 N–H and O–H groups in total. The highest BCUT2D eigenvalue weighted by atomic mass is 19.1. The number of halogens is 1. The normalized spacial score (nSPS) is 11.5. The fraction of sp³-hybridized carbons (Fsp3) is 0. The summed E-state index contributed by atoms with van der Waals surface area (Å²) in [6, 6.07) is 77.0. The maximum atomic E-state index is 14.0. The molecule has 11 aromatic rings. The molecule has 0 aromatic heterocycles. The molecule has 0 unspecified atom stereocenters. The highest BCUT2D eigenvalue weighted by molar-refractivity contribution is 6.25. The SMILES string of the molecule is Fc1ccc(N(c2ccccc2)c2ccc3cc(-c4ccc5c(-c6cccc7ccccc67)c6ccccc6c(-c6cccc7ccccc67)c5c4)ccc3c2)cc1. The number of hydrogen-bond donors (Lipinski definition) is 0.